The lowest BCUT2D eigenvalue weighted by molar-refractivity contribution is -0.143. The largest absolute Gasteiger partial charge is 0.497 e. The third kappa shape index (κ3) is 4.19. The lowest BCUT2D eigenvalue weighted by atomic mass is 10.1. The molecule has 0 saturated carbocycles. The van der Waals surface area contributed by atoms with E-state index in [-0.39, 0.29) is 12.3 Å². The van der Waals surface area contributed by atoms with E-state index in [2.05, 4.69) is 5.32 Å². The second kappa shape index (κ2) is 7.08. The molecule has 2 N–H and O–H groups in total. The Labute approximate surface area is 123 Å². The Kier molecular flexibility index (Phi) is 5.16. The highest BCUT2D eigenvalue weighted by atomic mass is 16.5. The van der Waals surface area contributed by atoms with E-state index in [4.69, 9.17) is 9.47 Å². The maximum absolute atomic E-state index is 11.9. The van der Waals surface area contributed by atoms with E-state index < -0.39 is 18.1 Å². The molecule has 2 atom stereocenters. The first-order valence-electron chi connectivity index (χ1n) is 6.88. The highest BCUT2D eigenvalue weighted by molar-refractivity contribution is 5.86. The molecule has 21 heavy (non-hydrogen) atoms. The van der Waals surface area contributed by atoms with Gasteiger partial charge in [0, 0.05) is 13.0 Å². The summed E-state index contributed by atoms with van der Waals surface area (Å²) in [7, 11) is 1.57. The summed E-state index contributed by atoms with van der Waals surface area (Å²) in [6, 6.07) is 6.13. The van der Waals surface area contributed by atoms with Crippen LogP contribution in [0, 0.1) is 0 Å². The third-order valence-corrected chi connectivity index (χ3v) is 3.44. The average Bonchev–Trinajstić information content (AvgIpc) is 3.01. The Bertz CT molecular complexity index is 493. The summed E-state index contributed by atoms with van der Waals surface area (Å²) in [6.45, 7) is 0.550. The van der Waals surface area contributed by atoms with Crippen LogP contribution < -0.4 is 10.1 Å². The van der Waals surface area contributed by atoms with Crippen molar-refractivity contribution < 1.29 is 24.2 Å². The highest BCUT2D eigenvalue weighted by Gasteiger charge is 2.28. The molecular weight excluding hydrogens is 274 g/mol. The molecule has 1 amide bonds. The Morgan fingerprint density at radius 3 is 2.67 bits per heavy atom. The molecule has 0 aliphatic carbocycles. The van der Waals surface area contributed by atoms with Crippen molar-refractivity contribution in [1.29, 1.82) is 0 Å². The van der Waals surface area contributed by atoms with Crippen molar-refractivity contribution in [2.45, 2.75) is 31.4 Å². The number of benzene rings is 1. The van der Waals surface area contributed by atoms with E-state index in [1.165, 1.54) is 0 Å². The molecule has 1 saturated heterocycles. The predicted molar refractivity (Wildman–Crippen MR) is 75.2 cm³/mol. The number of rotatable bonds is 6. The number of methoxy groups -OCH3 is 1. The monoisotopic (exact) mass is 293 g/mol. The van der Waals surface area contributed by atoms with E-state index in [1.807, 2.05) is 0 Å². The summed E-state index contributed by atoms with van der Waals surface area (Å²) in [5, 5.41) is 11.8. The molecule has 1 aromatic rings. The minimum absolute atomic E-state index is 0.220. The molecule has 6 heteroatoms. The zero-order valence-corrected chi connectivity index (χ0v) is 11.9. The van der Waals surface area contributed by atoms with Gasteiger partial charge in [0.05, 0.1) is 7.11 Å². The molecule has 0 unspecified atom stereocenters. The Morgan fingerprint density at radius 1 is 1.43 bits per heavy atom. The van der Waals surface area contributed by atoms with E-state index in [0.717, 1.165) is 12.0 Å². The van der Waals surface area contributed by atoms with Gasteiger partial charge < -0.3 is 19.9 Å². The summed E-state index contributed by atoms with van der Waals surface area (Å²) in [4.78, 5) is 23.2. The normalized spacial score (nSPS) is 19.0. The van der Waals surface area contributed by atoms with Gasteiger partial charge in [0.1, 0.15) is 17.9 Å². The van der Waals surface area contributed by atoms with Crippen LogP contribution >= 0.6 is 0 Å². The summed E-state index contributed by atoms with van der Waals surface area (Å²) in [5.41, 5.74) is 0.816. The molecule has 1 heterocycles. The van der Waals surface area contributed by atoms with Gasteiger partial charge in [-0.15, -0.1) is 0 Å². The SMILES string of the molecule is COc1ccc(C[C@H](NC(=O)[C@@H]2CCCO2)C(=O)O)cc1. The number of nitrogens with one attached hydrogen (secondary N) is 1. The highest BCUT2D eigenvalue weighted by Crippen LogP contribution is 2.14. The zero-order valence-electron chi connectivity index (χ0n) is 11.9. The van der Waals surface area contributed by atoms with Crippen LogP contribution in [0.15, 0.2) is 24.3 Å². The molecule has 1 fully saturated rings. The first-order chi connectivity index (χ1) is 10.1. The van der Waals surface area contributed by atoms with Gasteiger partial charge in [-0.1, -0.05) is 12.1 Å². The van der Waals surface area contributed by atoms with Crippen LogP contribution in [-0.2, 0) is 20.7 Å². The molecule has 0 aromatic heterocycles. The van der Waals surface area contributed by atoms with Crippen molar-refractivity contribution in [3.05, 3.63) is 29.8 Å². The Balaban J connectivity index is 1.97. The van der Waals surface area contributed by atoms with Crippen LogP contribution in [0.2, 0.25) is 0 Å². The fraction of sp³-hybridized carbons (Fsp3) is 0.467. The van der Waals surface area contributed by atoms with Crippen LogP contribution in [0.25, 0.3) is 0 Å². The van der Waals surface area contributed by atoms with Gasteiger partial charge in [0.25, 0.3) is 0 Å². The average molecular weight is 293 g/mol. The molecule has 1 aliphatic heterocycles. The van der Waals surface area contributed by atoms with Gasteiger partial charge >= 0.3 is 5.97 Å². The maximum Gasteiger partial charge on any atom is 0.326 e. The van der Waals surface area contributed by atoms with Gasteiger partial charge in [-0.2, -0.15) is 0 Å². The van der Waals surface area contributed by atoms with E-state index >= 15 is 0 Å². The first-order valence-corrected chi connectivity index (χ1v) is 6.88. The summed E-state index contributed by atoms with van der Waals surface area (Å²) in [6.07, 6.45) is 1.16. The minimum atomic E-state index is -1.06. The topological polar surface area (TPSA) is 84.9 Å². The minimum Gasteiger partial charge on any atom is -0.497 e. The van der Waals surface area contributed by atoms with Gasteiger partial charge in [0.2, 0.25) is 5.91 Å². The van der Waals surface area contributed by atoms with E-state index in [1.54, 1.807) is 31.4 Å². The predicted octanol–water partition coefficient (Wildman–Crippen LogP) is 0.986. The van der Waals surface area contributed by atoms with E-state index in [9.17, 15) is 14.7 Å². The van der Waals surface area contributed by atoms with Crippen LogP contribution in [0.4, 0.5) is 0 Å². The summed E-state index contributed by atoms with van der Waals surface area (Å²) < 4.78 is 10.3. The summed E-state index contributed by atoms with van der Waals surface area (Å²) in [5.74, 6) is -0.709. The third-order valence-electron chi connectivity index (χ3n) is 3.44. The number of hydrogen-bond acceptors (Lipinski definition) is 4. The van der Waals surface area contributed by atoms with Crippen LogP contribution in [0.1, 0.15) is 18.4 Å². The molecule has 0 spiro atoms. The molecule has 1 aliphatic rings. The quantitative estimate of drug-likeness (QED) is 0.817. The van der Waals surface area contributed by atoms with Crippen molar-refractivity contribution in [3.8, 4) is 5.75 Å². The van der Waals surface area contributed by atoms with Crippen LogP contribution in [0.3, 0.4) is 0 Å². The number of carboxylic acids is 1. The standard InChI is InChI=1S/C15H19NO5/c1-20-11-6-4-10(5-7-11)9-12(15(18)19)16-14(17)13-3-2-8-21-13/h4-7,12-13H,2-3,8-9H2,1H3,(H,16,17)(H,18,19)/t12-,13-/m0/s1. The number of carbonyl (C=O) groups excluding carboxylic acids is 1. The lowest BCUT2D eigenvalue weighted by Gasteiger charge is -2.17. The molecule has 114 valence electrons. The van der Waals surface area contributed by atoms with Crippen molar-refractivity contribution in [2.75, 3.05) is 13.7 Å². The number of ether oxygens (including phenoxy) is 2. The van der Waals surface area contributed by atoms with E-state index in [0.29, 0.717) is 18.8 Å². The second-order valence-corrected chi connectivity index (χ2v) is 4.95. The van der Waals surface area contributed by atoms with Gasteiger partial charge in [-0.3, -0.25) is 4.79 Å². The number of aliphatic carboxylic acids is 1. The molecular formula is C15H19NO5. The van der Waals surface area contributed by atoms with Crippen molar-refractivity contribution in [2.24, 2.45) is 0 Å². The van der Waals surface area contributed by atoms with Gasteiger partial charge in [0.15, 0.2) is 0 Å². The number of hydrogen-bond donors (Lipinski definition) is 2. The van der Waals surface area contributed by atoms with Gasteiger partial charge in [-0.25, -0.2) is 4.79 Å². The smallest absolute Gasteiger partial charge is 0.326 e. The first kappa shape index (κ1) is 15.3. The molecule has 0 bridgehead atoms. The lowest BCUT2D eigenvalue weighted by Crippen LogP contribution is -2.46. The van der Waals surface area contributed by atoms with Crippen molar-refractivity contribution >= 4 is 11.9 Å². The number of carboxylic acid groups (broad SMARTS) is 1. The van der Waals surface area contributed by atoms with Crippen molar-refractivity contribution in [1.82, 2.24) is 5.32 Å². The molecule has 2 rings (SSSR count). The second-order valence-electron chi connectivity index (χ2n) is 4.95. The Morgan fingerprint density at radius 2 is 2.14 bits per heavy atom. The Hall–Kier alpha value is -2.08. The van der Waals surface area contributed by atoms with Gasteiger partial charge in [-0.05, 0) is 30.5 Å². The van der Waals surface area contributed by atoms with Crippen LogP contribution in [0.5, 0.6) is 5.75 Å². The van der Waals surface area contributed by atoms with Crippen LogP contribution in [-0.4, -0.2) is 42.8 Å². The number of carbonyl (C=O) groups is 2. The maximum atomic E-state index is 11.9. The molecule has 0 radical (unpaired) electrons. The van der Waals surface area contributed by atoms with Crippen molar-refractivity contribution in [3.63, 3.8) is 0 Å². The fourth-order valence-corrected chi connectivity index (χ4v) is 2.25. The molecule has 6 nitrogen and oxygen atoms in total. The summed E-state index contributed by atoms with van der Waals surface area (Å²) >= 11 is 0. The molecule has 1 aromatic carbocycles. The zero-order chi connectivity index (χ0) is 15.2. The number of amides is 1. The fourth-order valence-electron chi connectivity index (χ4n) is 2.25.